The number of nitrogens with one attached hydrogen (secondary N) is 1. The topological polar surface area (TPSA) is 59.5 Å². The quantitative estimate of drug-likeness (QED) is 0.498. The highest BCUT2D eigenvalue weighted by Crippen LogP contribution is 2.42. The fraction of sp³-hybridized carbons (Fsp3) is 0.417. The first-order valence-corrected chi connectivity index (χ1v) is 11.8. The number of anilines is 2. The molecule has 1 N–H and O–H groups in total. The van der Waals surface area contributed by atoms with Crippen molar-refractivity contribution in [2.24, 2.45) is 17.8 Å². The minimum Gasteiger partial charge on any atom is -0.493 e. The third-order valence-corrected chi connectivity index (χ3v) is 7.55. The zero-order chi connectivity index (χ0) is 23.1. The molecule has 6 nitrogen and oxygen atoms in total. The number of ether oxygens (including phenoxy) is 2. The maximum atomic E-state index is 14.6. The van der Waals surface area contributed by atoms with Crippen molar-refractivity contribution in [3.63, 3.8) is 0 Å². The molecule has 2 aliphatic rings. The first-order chi connectivity index (χ1) is 15.9. The zero-order valence-electron chi connectivity index (χ0n) is 18.5. The van der Waals surface area contributed by atoms with Crippen molar-refractivity contribution < 1.29 is 25.5 Å². The van der Waals surface area contributed by atoms with Gasteiger partial charge in [-0.25, -0.2) is 9.97 Å². The number of likely N-dealkylation sites (tertiary alicyclic amines) is 1. The molecule has 3 aromatic rings. The molecule has 1 unspecified atom stereocenters. The van der Waals surface area contributed by atoms with Gasteiger partial charge in [0.2, 0.25) is 5.82 Å². The maximum Gasteiger partial charge on any atom is 0.281 e. The summed E-state index contributed by atoms with van der Waals surface area (Å²) < 4.78 is 26.4. The number of nitrogens with zero attached hydrogens (tertiary/aromatic N) is 3. The Labute approximate surface area is 202 Å². The third kappa shape index (κ3) is 4.42. The van der Waals surface area contributed by atoms with Crippen molar-refractivity contribution in [3.8, 4) is 11.5 Å². The van der Waals surface area contributed by atoms with Gasteiger partial charge in [0.1, 0.15) is 17.2 Å². The van der Waals surface area contributed by atoms with Crippen molar-refractivity contribution in [3.05, 3.63) is 46.5 Å². The van der Waals surface area contributed by atoms with Gasteiger partial charge in [0.15, 0.2) is 23.1 Å². The predicted molar refractivity (Wildman–Crippen MR) is 124 cm³/mol. The van der Waals surface area contributed by atoms with Crippen LogP contribution >= 0.6 is 11.6 Å². The van der Waals surface area contributed by atoms with E-state index in [0.29, 0.717) is 40.7 Å². The number of benzene rings is 2. The molecule has 0 bridgehead atoms. The lowest BCUT2D eigenvalue weighted by atomic mass is 10.0. The van der Waals surface area contributed by atoms with Crippen LogP contribution < -0.4 is 14.8 Å². The number of aromatic nitrogens is 2. The summed E-state index contributed by atoms with van der Waals surface area (Å²) >= 11 is 11.0. The van der Waals surface area contributed by atoms with Crippen LogP contribution in [0.1, 0.15) is 12.8 Å². The molecule has 9 heteroatoms. The first-order valence-electron chi connectivity index (χ1n) is 11.0. The second kappa shape index (κ2) is 9.12. The minimum absolute atomic E-state index is 0.0315. The van der Waals surface area contributed by atoms with E-state index in [0.717, 1.165) is 11.8 Å². The van der Waals surface area contributed by atoms with Crippen LogP contribution in [0.3, 0.4) is 0 Å². The van der Waals surface area contributed by atoms with Crippen molar-refractivity contribution in [1.29, 1.82) is 0 Å². The summed E-state index contributed by atoms with van der Waals surface area (Å²) in [5, 5.41) is 3.85. The van der Waals surface area contributed by atoms with Gasteiger partial charge in [-0.1, -0.05) is 11.6 Å². The summed E-state index contributed by atoms with van der Waals surface area (Å²) in [5.74, 6) is 3.20. The second-order valence-corrected chi connectivity index (χ2v) is 9.81. The van der Waals surface area contributed by atoms with E-state index in [4.69, 9.17) is 32.7 Å². The lowest BCUT2D eigenvalue weighted by Gasteiger charge is -2.17. The monoisotopic (exact) mass is 491 g/mol. The van der Waals surface area contributed by atoms with Crippen LogP contribution in [0.4, 0.5) is 15.9 Å². The average Bonchev–Trinajstić information content (AvgIpc) is 3.34. The average molecular weight is 492 g/mol. The predicted octanol–water partition coefficient (Wildman–Crippen LogP) is 4.84. The summed E-state index contributed by atoms with van der Waals surface area (Å²) in [5.41, 5.74) is 0.863. The van der Waals surface area contributed by atoms with Crippen LogP contribution in [-0.2, 0) is 0 Å². The molecule has 0 amide bonds. The van der Waals surface area contributed by atoms with E-state index in [9.17, 15) is 4.39 Å². The second-order valence-electron chi connectivity index (χ2n) is 9.00. The van der Waals surface area contributed by atoms with Crippen LogP contribution in [0.25, 0.3) is 10.9 Å². The van der Waals surface area contributed by atoms with E-state index < -0.39 is 5.82 Å². The highest BCUT2D eigenvalue weighted by atomic mass is 35.5. The van der Waals surface area contributed by atoms with Gasteiger partial charge in [0.05, 0.1) is 24.9 Å². The molecule has 1 saturated heterocycles. The molecule has 2 fully saturated rings. The molecule has 1 aliphatic carbocycles. The van der Waals surface area contributed by atoms with Gasteiger partial charge < -0.3 is 19.7 Å². The van der Waals surface area contributed by atoms with Gasteiger partial charge in [-0.05, 0) is 55.8 Å². The van der Waals surface area contributed by atoms with E-state index >= 15 is 0 Å². The van der Waals surface area contributed by atoms with Crippen LogP contribution in [0.2, 0.25) is 10.0 Å². The molecule has 1 aromatic heterocycles. The Hall–Kier alpha value is -2.35. The van der Waals surface area contributed by atoms with Gasteiger partial charge in [-0.2, -0.15) is 4.39 Å². The van der Waals surface area contributed by atoms with E-state index in [1.54, 1.807) is 13.2 Å². The smallest absolute Gasteiger partial charge is 0.281 e. The fourth-order valence-electron chi connectivity index (χ4n) is 5.20. The Kier molecular flexibility index (Phi) is 6.20. The van der Waals surface area contributed by atoms with Crippen molar-refractivity contribution in [1.82, 2.24) is 14.9 Å². The molecular weight excluding hydrogens is 466 g/mol. The van der Waals surface area contributed by atoms with E-state index in [1.807, 2.05) is 12.1 Å². The van der Waals surface area contributed by atoms with Gasteiger partial charge in [-0.3, -0.25) is 0 Å². The zero-order valence-corrected chi connectivity index (χ0v) is 20.0. The minimum atomic E-state index is -0.594. The molecule has 0 spiro atoms. The first kappa shape index (κ1) is 22.4. The summed E-state index contributed by atoms with van der Waals surface area (Å²) in [6, 6.07) is 6.75. The number of methoxy groups -OCH3 is 1. The molecule has 1 saturated carbocycles. The van der Waals surface area contributed by atoms with Crippen LogP contribution in [0.15, 0.2) is 30.6 Å². The third-order valence-electron chi connectivity index (χ3n) is 6.73. The molecule has 2 heterocycles. The SMILES string of the molecule is COc1cc2c(Nc3ccc(Cl)c([ClH+])c3F)ncnc2cc1OCC1C[C@@H]2CN(C)C[C@@H]2C1. The Balaban J connectivity index is 1.37. The molecule has 174 valence electrons. The lowest BCUT2D eigenvalue weighted by molar-refractivity contribution is -0.293. The summed E-state index contributed by atoms with van der Waals surface area (Å²) in [6.45, 7) is 3.04. The maximum absolute atomic E-state index is 14.6. The summed E-state index contributed by atoms with van der Waals surface area (Å²) in [7, 11) is 3.80. The van der Waals surface area contributed by atoms with Crippen LogP contribution in [0.5, 0.6) is 11.5 Å². The Morgan fingerprint density at radius 3 is 2.67 bits per heavy atom. The van der Waals surface area contributed by atoms with Crippen molar-refractivity contribution in [2.75, 3.05) is 39.2 Å². The fourth-order valence-corrected chi connectivity index (χ4v) is 5.52. The van der Waals surface area contributed by atoms with Gasteiger partial charge in [0.25, 0.3) is 5.02 Å². The molecule has 2 aromatic carbocycles. The standard InChI is InChI=1S/C24H26Cl2FN4O2/c1-31-9-14-5-13(6-15(14)10-31)11-33-21-8-19-16(7-20(21)32-2)24(29-12-28-19)30-18-4-3-17(25)22(26)23(18)27/h3-4,7-8,12-15,26H,5-6,9-11H2,1-2H3,(H,28,29,30)/q+1/t13?,14-,15+. The lowest BCUT2D eigenvalue weighted by Crippen LogP contribution is -2.18. The summed E-state index contributed by atoms with van der Waals surface area (Å²) in [6.07, 6.45) is 3.84. The van der Waals surface area contributed by atoms with Crippen molar-refractivity contribution in [2.45, 2.75) is 12.8 Å². The Morgan fingerprint density at radius 1 is 1.18 bits per heavy atom. The molecule has 5 rings (SSSR count). The van der Waals surface area contributed by atoms with Gasteiger partial charge >= 0.3 is 0 Å². The summed E-state index contributed by atoms with van der Waals surface area (Å²) in [4.78, 5) is 11.1. The van der Waals surface area contributed by atoms with Crippen LogP contribution in [0, 0.1) is 35.2 Å². The highest BCUT2D eigenvalue weighted by molar-refractivity contribution is 6.31. The highest BCUT2D eigenvalue weighted by Gasteiger charge is 2.39. The van der Waals surface area contributed by atoms with E-state index in [1.165, 1.54) is 38.3 Å². The van der Waals surface area contributed by atoms with E-state index in [-0.39, 0.29) is 15.7 Å². The number of fused-ring (bicyclic) bond motifs is 2. The van der Waals surface area contributed by atoms with Gasteiger partial charge in [-0.15, -0.1) is 0 Å². The number of rotatable bonds is 6. The van der Waals surface area contributed by atoms with Gasteiger partial charge in [0, 0.05) is 24.5 Å². The molecule has 33 heavy (non-hydrogen) atoms. The van der Waals surface area contributed by atoms with Crippen molar-refractivity contribution >= 4 is 34.0 Å². The number of hydrogen-bond donors (Lipinski definition) is 1. The Bertz CT molecular complexity index is 1180. The number of halogens is 3. The largest absolute Gasteiger partial charge is 0.493 e. The molecule has 1 aliphatic heterocycles. The number of hydrogen-bond acceptors (Lipinski definition) is 6. The van der Waals surface area contributed by atoms with E-state index in [2.05, 4.69) is 27.2 Å². The molecular formula is C24H26Cl2FN4O2+. The van der Waals surface area contributed by atoms with Crippen LogP contribution in [-0.4, -0.2) is 48.7 Å². The normalized spacial score (nSPS) is 22.5. The molecule has 3 atom stereocenters. The molecule has 0 radical (unpaired) electrons. The Morgan fingerprint density at radius 2 is 1.94 bits per heavy atom.